The quantitative estimate of drug-likeness (QED) is 0.499. The van der Waals surface area contributed by atoms with Gasteiger partial charge in [0.2, 0.25) is 0 Å². The second-order valence-electron chi connectivity index (χ2n) is 7.36. The van der Waals surface area contributed by atoms with Crippen LogP contribution in [-0.4, -0.2) is 60.4 Å². The predicted molar refractivity (Wildman–Crippen MR) is 112 cm³/mol. The molecule has 9 nitrogen and oxygen atoms in total. The topological polar surface area (TPSA) is 102 Å². The van der Waals surface area contributed by atoms with Gasteiger partial charge in [0.15, 0.2) is 5.82 Å². The molecule has 1 saturated heterocycles. The molecule has 1 aliphatic heterocycles. The molecule has 0 atom stereocenters. The van der Waals surface area contributed by atoms with Crippen LogP contribution in [0, 0.1) is 5.92 Å². The zero-order valence-electron chi connectivity index (χ0n) is 16.8. The van der Waals surface area contributed by atoms with Gasteiger partial charge in [-0.3, -0.25) is 25.4 Å². The summed E-state index contributed by atoms with van der Waals surface area (Å²) in [6.45, 7) is 3.19. The Morgan fingerprint density at radius 3 is 2.45 bits per heavy atom. The Balaban J connectivity index is 1.46. The standard InChI is InChI=1S/C20H27N7O2/c1-26(2)14-15-7-11-27(12-8-15)17-5-3-16(4-6-17)23-19(28)20(29)25-24-18-13-21-9-10-22-18/h3-6,9-10,13,15H,7-8,11-12,14H2,1-2H3,(H,22,24)(H,23,28)(H,25,29). The van der Waals surface area contributed by atoms with Crippen LogP contribution in [0.25, 0.3) is 0 Å². The van der Waals surface area contributed by atoms with Crippen LogP contribution in [0.1, 0.15) is 12.8 Å². The van der Waals surface area contributed by atoms with Gasteiger partial charge < -0.3 is 15.1 Å². The van der Waals surface area contributed by atoms with Crippen molar-refractivity contribution in [3.05, 3.63) is 42.9 Å². The van der Waals surface area contributed by atoms with Gasteiger partial charge in [-0.2, -0.15) is 0 Å². The minimum absolute atomic E-state index is 0.340. The molecule has 29 heavy (non-hydrogen) atoms. The first-order valence-corrected chi connectivity index (χ1v) is 9.64. The number of nitrogens with zero attached hydrogens (tertiary/aromatic N) is 4. The zero-order valence-corrected chi connectivity index (χ0v) is 16.8. The van der Waals surface area contributed by atoms with Crippen LogP contribution in [0.5, 0.6) is 0 Å². The van der Waals surface area contributed by atoms with E-state index in [0.29, 0.717) is 11.5 Å². The molecule has 1 aliphatic rings. The maximum absolute atomic E-state index is 12.0. The third kappa shape index (κ3) is 6.15. The third-order valence-electron chi connectivity index (χ3n) is 4.80. The Morgan fingerprint density at radius 2 is 1.83 bits per heavy atom. The van der Waals surface area contributed by atoms with E-state index in [0.717, 1.165) is 31.2 Å². The van der Waals surface area contributed by atoms with Crippen molar-refractivity contribution in [3.8, 4) is 0 Å². The van der Waals surface area contributed by atoms with Crippen LogP contribution in [0.3, 0.4) is 0 Å². The smallest absolute Gasteiger partial charge is 0.327 e. The maximum Gasteiger partial charge on any atom is 0.327 e. The molecule has 3 N–H and O–H groups in total. The van der Waals surface area contributed by atoms with E-state index in [9.17, 15) is 9.59 Å². The lowest BCUT2D eigenvalue weighted by Crippen LogP contribution is -2.39. The number of rotatable bonds is 6. The number of aromatic nitrogens is 2. The second-order valence-corrected chi connectivity index (χ2v) is 7.36. The molecule has 0 saturated carbocycles. The van der Waals surface area contributed by atoms with E-state index in [1.807, 2.05) is 24.3 Å². The fourth-order valence-corrected chi connectivity index (χ4v) is 3.37. The molecule has 0 bridgehead atoms. The molecule has 1 aromatic carbocycles. The van der Waals surface area contributed by atoms with Gasteiger partial charge in [0.25, 0.3) is 0 Å². The SMILES string of the molecule is CN(C)CC1CCN(c2ccc(NC(=O)C(=O)NNc3cnccn3)cc2)CC1. The molecule has 0 spiro atoms. The van der Waals surface area contributed by atoms with Crippen molar-refractivity contribution in [1.29, 1.82) is 0 Å². The Morgan fingerprint density at radius 1 is 1.10 bits per heavy atom. The number of hydrogen-bond acceptors (Lipinski definition) is 7. The lowest BCUT2D eigenvalue weighted by molar-refractivity contribution is -0.135. The molecule has 0 aliphatic carbocycles. The minimum atomic E-state index is -0.817. The number of amides is 2. The molecular formula is C20H27N7O2. The summed E-state index contributed by atoms with van der Waals surface area (Å²) in [5.41, 5.74) is 6.51. The summed E-state index contributed by atoms with van der Waals surface area (Å²) < 4.78 is 0. The summed E-state index contributed by atoms with van der Waals surface area (Å²) in [6.07, 6.45) is 6.77. The van der Waals surface area contributed by atoms with Gasteiger partial charge in [-0.1, -0.05) is 0 Å². The zero-order chi connectivity index (χ0) is 20.6. The first kappa shape index (κ1) is 20.5. The number of hydrogen-bond donors (Lipinski definition) is 3. The van der Waals surface area contributed by atoms with Crippen molar-refractivity contribution in [2.45, 2.75) is 12.8 Å². The summed E-state index contributed by atoms with van der Waals surface area (Å²) in [6, 6.07) is 7.56. The van der Waals surface area contributed by atoms with Crippen LogP contribution < -0.4 is 21.1 Å². The Hall–Kier alpha value is -3.20. The molecule has 1 aromatic heterocycles. The number of piperidine rings is 1. The third-order valence-corrected chi connectivity index (χ3v) is 4.80. The first-order valence-electron chi connectivity index (χ1n) is 9.64. The molecule has 9 heteroatoms. The second kappa shape index (κ2) is 9.83. The van der Waals surface area contributed by atoms with Crippen molar-refractivity contribution in [2.75, 3.05) is 49.4 Å². The Bertz CT molecular complexity index is 803. The molecule has 154 valence electrons. The number of carbonyl (C=O) groups excluding carboxylic acids is 2. The van der Waals surface area contributed by atoms with Crippen molar-refractivity contribution in [3.63, 3.8) is 0 Å². The van der Waals surface area contributed by atoms with E-state index in [1.165, 1.54) is 31.4 Å². The van der Waals surface area contributed by atoms with Gasteiger partial charge in [-0.05, 0) is 57.1 Å². The lowest BCUT2D eigenvalue weighted by atomic mass is 9.96. The van der Waals surface area contributed by atoms with Crippen LogP contribution in [0.4, 0.5) is 17.2 Å². The van der Waals surface area contributed by atoms with E-state index in [2.05, 4.69) is 50.0 Å². The van der Waals surface area contributed by atoms with Crippen molar-refractivity contribution >= 4 is 29.0 Å². The average molecular weight is 397 g/mol. The van der Waals surface area contributed by atoms with E-state index in [-0.39, 0.29) is 0 Å². The van der Waals surface area contributed by atoms with Crippen LogP contribution in [0.2, 0.25) is 0 Å². The van der Waals surface area contributed by atoms with Crippen LogP contribution in [0.15, 0.2) is 42.9 Å². The largest absolute Gasteiger partial charge is 0.372 e. The van der Waals surface area contributed by atoms with E-state index < -0.39 is 11.8 Å². The molecular weight excluding hydrogens is 370 g/mol. The normalized spacial score (nSPS) is 14.5. The van der Waals surface area contributed by atoms with Crippen molar-refractivity contribution in [1.82, 2.24) is 20.3 Å². The highest BCUT2D eigenvalue weighted by Crippen LogP contribution is 2.24. The van der Waals surface area contributed by atoms with E-state index in [4.69, 9.17) is 0 Å². The average Bonchev–Trinajstić information content (AvgIpc) is 2.73. The first-order chi connectivity index (χ1) is 14.0. The molecule has 1 fully saturated rings. The van der Waals surface area contributed by atoms with Gasteiger partial charge >= 0.3 is 11.8 Å². The van der Waals surface area contributed by atoms with Crippen LogP contribution >= 0.6 is 0 Å². The highest BCUT2D eigenvalue weighted by molar-refractivity contribution is 6.39. The number of nitrogens with one attached hydrogen (secondary N) is 3. The highest BCUT2D eigenvalue weighted by atomic mass is 16.2. The van der Waals surface area contributed by atoms with E-state index >= 15 is 0 Å². The molecule has 3 rings (SSSR count). The fraction of sp³-hybridized carbons (Fsp3) is 0.400. The van der Waals surface area contributed by atoms with Crippen molar-refractivity contribution in [2.24, 2.45) is 5.92 Å². The molecule has 2 heterocycles. The van der Waals surface area contributed by atoms with Crippen LogP contribution in [-0.2, 0) is 9.59 Å². The highest BCUT2D eigenvalue weighted by Gasteiger charge is 2.20. The fourth-order valence-electron chi connectivity index (χ4n) is 3.37. The number of hydrazine groups is 1. The molecule has 0 unspecified atom stereocenters. The van der Waals surface area contributed by atoms with E-state index in [1.54, 1.807) is 0 Å². The van der Waals surface area contributed by atoms with Crippen molar-refractivity contribution < 1.29 is 9.59 Å². The predicted octanol–water partition coefficient (Wildman–Crippen LogP) is 1.34. The summed E-state index contributed by atoms with van der Waals surface area (Å²) in [5, 5.41) is 2.59. The van der Waals surface area contributed by atoms with Gasteiger partial charge in [0, 0.05) is 43.4 Å². The van der Waals surface area contributed by atoms with Gasteiger partial charge in [0.05, 0.1) is 6.20 Å². The molecule has 0 radical (unpaired) electrons. The Labute approximate surface area is 170 Å². The Kier molecular flexibility index (Phi) is 6.96. The molecule has 2 amide bonds. The molecule has 2 aromatic rings. The number of carbonyl (C=O) groups is 2. The van der Waals surface area contributed by atoms with Gasteiger partial charge in [-0.15, -0.1) is 0 Å². The number of benzene rings is 1. The monoisotopic (exact) mass is 397 g/mol. The minimum Gasteiger partial charge on any atom is -0.372 e. The maximum atomic E-state index is 12.0. The number of anilines is 3. The summed E-state index contributed by atoms with van der Waals surface area (Å²) >= 11 is 0. The lowest BCUT2D eigenvalue weighted by Gasteiger charge is -2.34. The summed E-state index contributed by atoms with van der Waals surface area (Å²) in [7, 11) is 4.23. The van der Waals surface area contributed by atoms with Gasteiger partial charge in [-0.25, -0.2) is 4.98 Å². The summed E-state index contributed by atoms with van der Waals surface area (Å²) in [5.74, 6) is -0.498. The summed E-state index contributed by atoms with van der Waals surface area (Å²) in [4.78, 5) is 36.3. The van der Waals surface area contributed by atoms with Gasteiger partial charge in [0.1, 0.15) is 0 Å².